The Kier molecular flexibility index (Phi) is 4.93. The Morgan fingerprint density at radius 2 is 1.96 bits per heavy atom. The molecule has 0 aromatic heterocycles. The second-order valence-electron chi connectivity index (χ2n) is 10.8. The van der Waals surface area contributed by atoms with E-state index in [0.717, 1.165) is 43.9 Å². The number of hydrogen-bond donors (Lipinski definition) is 1. The van der Waals surface area contributed by atoms with E-state index in [0.29, 0.717) is 35.6 Å². The van der Waals surface area contributed by atoms with E-state index in [1.165, 1.54) is 25.0 Å². The number of rotatable bonds is 3. The van der Waals surface area contributed by atoms with Gasteiger partial charge in [-0.15, -0.1) is 0 Å². The fourth-order valence-electron chi connectivity index (χ4n) is 7.63. The first-order valence-corrected chi connectivity index (χ1v) is 11.2. The second-order valence-corrected chi connectivity index (χ2v) is 10.8. The maximum Gasteiger partial charge on any atom is 0.139 e. The van der Waals surface area contributed by atoms with Crippen molar-refractivity contribution in [2.24, 2.45) is 51.3 Å². The first-order chi connectivity index (χ1) is 12.8. The molecule has 152 valence electrons. The highest BCUT2D eigenvalue weighted by Crippen LogP contribution is 2.66. The lowest BCUT2D eigenvalue weighted by molar-refractivity contribution is -0.141. The van der Waals surface area contributed by atoms with Gasteiger partial charge in [-0.05, 0) is 86.9 Å². The normalized spacial score (nSPS) is 49.3. The highest BCUT2D eigenvalue weighted by molar-refractivity contribution is 5.87. The van der Waals surface area contributed by atoms with Crippen molar-refractivity contribution >= 4 is 11.5 Å². The highest BCUT2D eigenvalue weighted by Gasteiger charge is 2.61. The number of carbonyl (C=O) groups is 1. The summed E-state index contributed by atoms with van der Waals surface area (Å²) in [6, 6.07) is 0.0308. The molecule has 8 atom stereocenters. The van der Waals surface area contributed by atoms with E-state index in [9.17, 15) is 4.79 Å². The summed E-state index contributed by atoms with van der Waals surface area (Å²) >= 11 is 0. The molecule has 0 amide bonds. The van der Waals surface area contributed by atoms with Crippen LogP contribution in [-0.4, -0.2) is 24.1 Å². The van der Waals surface area contributed by atoms with Crippen LogP contribution in [0.3, 0.4) is 0 Å². The van der Waals surface area contributed by atoms with Crippen LogP contribution in [0.15, 0.2) is 5.16 Å². The Hall–Kier alpha value is -0.900. The number of nitrogens with two attached hydrogens (primary N) is 1. The highest BCUT2D eigenvalue weighted by atomic mass is 16.6. The lowest BCUT2D eigenvalue weighted by Gasteiger charge is -2.61. The van der Waals surface area contributed by atoms with E-state index in [4.69, 9.17) is 10.6 Å². The SMILES string of the molecule is CC(N)CON=C1CC[C@@]2(C)C(C1)[C@@H](C)C[C@H]1[C@@H]3CCC(=O)[C@]3(C)CC[C@@H]12. The maximum absolute atomic E-state index is 12.6. The van der Waals surface area contributed by atoms with E-state index in [1.807, 2.05) is 6.92 Å². The summed E-state index contributed by atoms with van der Waals surface area (Å²) in [6.45, 7) is 9.74. The topological polar surface area (TPSA) is 64.7 Å². The second kappa shape index (κ2) is 6.86. The van der Waals surface area contributed by atoms with Gasteiger partial charge >= 0.3 is 0 Å². The molecule has 0 spiro atoms. The van der Waals surface area contributed by atoms with Crippen LogP contribution in [0.2, 0.25) is 0 Å². The van der Waals surface area contributed by atoms with Gasteiger partial charge in [0.25, 0.3) is 0 Å². The average Bonchev–Trinajstić information content (AvgIpc) is 2.91. The van der Waals surface area contributed by atoms with Crippen molar-refractivity contribution in [2.45, 2.75) is 85.1 Å². The molecule has 0 saturated heterocycles. The molecule has 27 heavy (non-hydrogen) atoms. The van der Waals surface area contributed by atoms with Gasteiger partial charge < -0.3 is 10.6 Å². The predicted molar refractivity (Wildman–Crippen MR) is 108 cm³/mol. The molecule has 0 aromatic carbocycles. The minimum Gasteiger partial charge on any atom is -0.394 e. The van der Waals surface area contributed by atoms with Gasteiger partial charge in [0.15, 0.2) is 0 Å². The molecule has 2 N–H and O–H groups in total. The average molecular weight is 375 g/mol. The minimum absolute atomic E-state index is 0.0157. The van der Waals surface area contributed by atoms with Crippen molar-refractivity contribution in [3.05, 3.63) is 0 Å². The predicted octanol–water partition coefficient (Wildman–Crippen LogP) is 4.56. The van der Waals surface area contributed by atoms with Gasteiger partial charge in [0.2, 0.25) is 0 Å². The summed E-state index contributed by atoms with van der Waals surface area (Å²) in [6.07, 6.45) is 8.99. The molecule has 4 nitrogen and oxygen atoms in total. The Morgan fingerprint density at radius 3 is 2.70 bits per heavy atom. The van der Waals surface area contributed by atoms with Gasteiger partial charge in [-0.1, -0.05) is 25.9 Å². The molecule has 0 heterocycles. The number of nitrogens with zero attached hydrogens (tertiary/aromatic N) is 1. The van der Waals surface area contributed by atoms with Crippen LogP contribution in [0, 0.1) is 40.4 Å². The number of oxime groups is 1. The Balaban J connectivity index is 1.53. The van der Waals surface area contributed by atoms with E-state index in [-0.39, 0.29) is 11.5 Å². The van der Waals surface area contributed by atoms with Crippen molar-refractivity contribution in [3.8, 4) is 0 Å². The summed E-state index contributed by atoms with van der Waals surface area (Å²) in [7, 11) is 0. The molecule has 2 unspecified atom stereocenters. The number of ketones is 1. The zero-order valence-electron chi connectivity index (χ0n) is 17.7. The molecule has 4 saturated carbocycles. The lowest BCUT2D eigenvalue weighted by Crippen LogP contribution is -2.56. The van der Waals surface area contributed by atoms with Gasteiger partial charge in [0, 0.05) is 17.9 Å². The van der Waals surface area contributed by atoms with Gasteiger partial charge in [0.05, 0.1) is 5.71 Å². The zero-order chi connectivity index (χ0) is 19.4. The van der Waals surface area contributed by atoms with Crippen molar-refractivity contribution in [1.82, 2.24) is 0 Å². The van der Waals surface area contributed by atoms with Crippen LogP contribution in [0.1, 0.15) is 79.1 Å². The Bertz CT molecular complexity index is 630. The molecule has 0 aliphatic heterocycles. The molecule has 0 aromatic rings. The van der Waals surface area contributed by atoms with E-state index in [1.54, 1.807) is 0 Å². The summed E-state index contributed by atoms with van der Waals surface area (Å²) < 4.78 is 0. The van der Waals surface area contributed by atoms with Crippen molar-refractivity contribution in [1.29, 1.82) is 0 Å². The Morgan fingerprint density at radius 1 is 1.19 bits per heavy atom. The third kappa shape index (κ3) is 3.07. The van der Waals surface area contributed by atoms with Crippen molar-refractivity contribution < 1.29 is 9.63 Å². The van der Waals surface area contributed by atoms with Gasteiger partial charge in [-0.3, -0.25) is 4.79 Å². The standard InChI is InChI=1S/C23H38N2O2/c1-14-11-17-18-5-6-21(26)23(18,4)10-8-19(17)22(3)9-7-16(12-20(14)22)25-27-13-15(2)24/h14-15,17-20H,5-13,24H2,1-4H3/t14-,15?,17-,18-,19-,20?,22+,23+/m0/s1. The molecule has 4 heteroatoms. The maximum atomic E-state index is 12.6. The van der Waals surface area contributed by atoms with Crippen LogP contribution in [0.4, 0.5) is 0 Å². The number of carbonyl (C=O) groups excluding carboxylic acids is 1. The van der Waals surface area contributed by atoms with Crippen LogP contribution in [0.25, 0.3) is 0 Å². The molecular weight excluding hydrogens is 336 g/mol. The molecule has 0 bridgehead atoms. The first-order valence-electron chi connectivity index (χ1n) is 11.2. The summed E-state index contributed by atoms with van der Waals surface area (Å²) in [4.78, 5) is 18.1. The van der Waals surface area contributed by atoms with E-state index in [2.05, 4.69) is 25.9 Å². The quantitative estimate of drug-likeness (QED) is 0.736. The first kappa shape index (κ1) is 19.4. The van der Waals surface area contributed by atoms with Gasteiger partial charge in [0.1, 0.15) is 12.4 Å². The summed E-state index contributed by atoms with van der Waals surface area (Å²) in [5.74, 6) is 4.12. The lowest BCUT2D eigenvalue weighted by atomic mass is 9.43. The van der Waals surface area contributed by atoms with E-state index >= 15 is 0 Å². The molecule has 4 aliphatic carbocycles. The third-order valence-corrected chi connectivity index (χ3v) is 9.11. The summed E-state index contributed by atoms with van der Waals surface area (Å²) in [5, 5.41) is 4.45. The molecule has 4 rings (SSSR count). The fourth-order valence-corrected chi connectivity index (χ4v) is 7.63. The Labute approximate surface area is 164 Å². The largest absolute Gasteiger partial charge is 0.394 e. The van der Waals surface area contributed by atoms with Crippen LogP contribution in [0.5, 0.6) is 0 Å². The molecule has 4 aliphatic rings. The number of Topliss-reactive ketones (excluding diaryl/α,β-unsaturated/α-hetero) is 1. The number of hydrogen-bond acceptors (Lipinski definition) is 4. The minimum atomic E-state index is -0.0157. The molecule has 4 fully saturated rings. The molecular formula is C23H38N2O2. The van der Waals surface area contributed by atoms with Crippen molar-refractivity contribution in [3.63, 3.8) is 0 Å². The third-order valence-electron chi connectivity index (χ3n) is 9.11. The number of fused-ring (bicyclic) bond motifs is 5. The van der Waals surface area contributed by atoms with E-state index < -0.39 is 0 Å². The van der Waals surface area contributed by atoms with Crippen LogP contribution in [-0.2, 0) is 9.63 Å². The summed E-state index contributed by atoms with van der Waals surface area (Å²) in [5.41, 5.74) is 7.39. The fraction of sp³-hybridized carbons (Fsp3) is 0.913. The van der Waals surface area contributed by atoms with Gasteiger partial charge in [-0.2, -0.15) is 0 Å². The monoisotopic (exact) mass is 374 g/mol. The van der Waals surface area contributed by atoms with Gasteiger partial charge in [-0.25, -0.2) is 0 Å². The zero-order valence-corrected chi connectivity index (χ0v) is 17.7. The van der Waals surface area contributed by atoms with Crippen molar-refractivity contribution in [2.75, 3.05) is 6.61 Å². The molecule has 0 radical (unpaired) electrons. The van der Waals surface area contributed by atoms with Crippen LogP contribution >= 0.6 is 0 Å². The van der Waals surface area contributed by atoms with Crippen LogP contribution < -0.4 is 5.73 Å². The smallest absolute Gasteiger partial charge is 0.139 e.